The second-order valence-corrected chi connectivity index (χ2v) is 6.91. The zero-order chi connectivity index (χ0) is 14.8. The molecule has 0 aromatic rings. The van der Waals surface area contributed by atoms with Gasteiger partial charge in [0.25, 0.3) is 0 Å². The van der Waals surface area contributed by atoms with Crippen LogP contribution in [0.3, 0.4) is 0 Å². The third-order valence-corrected chi connectivity index (χ3v) is 4.25. The largest absolute Gasteiger partial charge is 0.462 e. The number of hydrogen-bond donors (Lipinski definition) is 0. The Kier molecular flexibility index (Phi) is 4.77. The zero-order valence-electron chi connectivity index (χ0n) is 13.1. The van der Waals surface area contributed by atoms with Crippen molar-refractivity contribution in [3.8, 4) is 0 Å². The van der Waals surface area contributed by atoms with E-state index in [2.05, 4.69) is 39.6 Å². The third kappa shape index (κ3) is 4.30. The summed E-state index contributed by atoms with van der Waals surface area (Å²) in [7, 11) is 2.12. The van der Waals surface area contributed by atoms with E-state index in [0.29, 0.717) is 0 Å². The molecule has 0 unspecified atom stereocenters. The van der Waals surface area contributed by atoms with Crippen molar-refractivity contribution in [3.63, 3.8) is 0 Å². The quantitative estimate of drug-likeness (QED) is 0.736. The molecular formula is C15H27NO3. The highest BCUT2D eigenvalue weighted by Gasteiger charge is 2.44. The molecule has 4 heteroatoms. The van der Waals surface area contributed by atoms with Crippen LogP contribution in [0.15, 0.2) is 0 Å². The molecule has 1 aliphatic heterocycles. The van der Waals surface area contributed by atoms with E-state index in [1.165, 1.54) is 6.92 Å². The van der Waals surface area contributed by atoms with Gasteiger partial charge in [-0.25, -0.2) is 0 Å². The highest BCUT2D eigenvalue weighted by Crippen LogP contribution is 2.38. The average Bonchev–Trinajstić information content (AvgIpc) is 2.22. The molecular weight excluding hydrogens is 242 g/mol. The summed E-state index contributed by atoms with van der Waals surface area (Å²) in [6.45, 7) is 10.2. The van der Waals surface area contributed by atoms with Crippen LogP contribution in [0.25, 0.3) is 0 Å². The van der Waals surface area contributed by atoms with Gasteiger partial charge in [0.1, 0.15) is 11.9 Å². The van der Waals surface area contributed by atoms with Crippen LogP contribution in [0.4, 0.5) is 0 Å². The zero-order valence-corrected chi connectivity index (χ0v) is 13.1. The lowest BCUT2D eigenvalue weighted by atomic mass is 9.79. The van der Waals surface area contributed by atoms with E-state index in [1.54, 1.807) is 0 Å². The number of likely N-dealkylation sites (tertiary alicyclic amines) is 1. The van der Waals surface area contributed by atoms with Gasteiger partial charge in [-0.1, -0.05) is 0 Å². The molecule has 1 aliphatic rings. The Balaban J connectivity index is 2.60. The number of rotatable bonds is 4. The van der Waals surface area contributed by atoms with Crippen LogP contribution in [0, 0.1) is 0 Å². The van der Waals surface area contributed by atoms with E-state index in [1.807, 2.05) is 0 Å². The molecule has 0 N–H and O–H groups in total. The second-order valence-electron chi connectivity index (χ2n) is 6.91. The summed E-state index contributed by atoms with van der Waals surface area (Å²) in [5.74, 6) is -0.225. The minimum atomic E-state index is -0.253. The molecule has 0 aromatic carbocycles. The molecule has 0 radical (unpaired) electrons. The molecule has 0 bridgehead atoms. The monoisotopic (exact) mass is 269 g/mol. The fourth-order valence-corrected chi connectivity index (χ4v) is 2.89. The van der Waals surface area contributed by atoms with Crippen molar-refractivity contribution >= 4 is 11.8 Å². The number of piperidine rings is 1. The van der Waals surface area contributed by atoms with Crippen molar-refractivity contribution in [2.75, 3.05) is 7.05 Å². The number of esters is 1. The number of carbonyl (C=O) groups excluding carboxylic acids is 2. The number of ether oxygens (including phenoxy) is 1. The Morgan fingerprint density at radius 3 is 2.00 bits per heavy atom. The van der Waals surface area contributed by atoms with Gasteiger partial charge >= 0.3 is 5.97 Å². The van der Waals surface area contributed by atoms with Crippen molar-refractivity contribution in [1.29, 1.82) is 0 Å². The Hall–Kier alpha value is -0.900. The van der Waals surface area contributed by atoms with Gasteiger partial charge in [0.2, 0.25) is 0 Å². The summed E-state index contributed by atoms with van der Waals surface area (Å²) in [5, 5.41) is 0. The van der Waals surface area contributed by atoms with Crippen LogP contribution in [0.2, 0.25) is 0 Å². The van der Waals surface area contributed by atoms with E-state index in [-0.39, 0.29) is 41.8 Å². The van der Waals surface area contributed by atoms with Gasteiger partial charge in [0.15, 0.2) is 0 Å². The average molecular weight is 269 g/mol. The van der Waals surface area contributed by atoms with E-state index in [9.17, 15) is 9.59 Å². The molecule has 110 valence electrons. The molecule has 0 saturated carbocycles. The molecule has 0 aromatic heterocycles. The van der Waals surface area contributed by atoms with Crippen LogP contribution in [-0.2, 0) is 14.3 Å². The van der Waals surface area contributed by atoms with E-state index >= 15 is 0 Å². The lowest BCUT2D eigenvalue weighted by molar-refractivity contribution is -0.159. The molecule has 1 saturated heterocycles. The highest BCUT2D eigenvalue weighted by molar-refractivity contribution is 5.81. The van der Waals surface area contributed by atoms with Crippen LogP contribution in [0.1, 0.15) is 60.3 Å². The summed E-state index contributed by atoms with van der Waals surface area (Å²) in [6.07, 6.45) is 2.08. The molecule has 0 atom stereocenters. The fourth-order valence-electron chi connectivity index (χ4n) is 2.89. The van der Waals surface area contributed by atoms with Crippen LogP contribution >= 0.6 is 0 Å². The van der Waals surface area contributed by atoms with Crippen molar-refractivity contribution in [3.05, 3.63) is 0 Å². The summed E-state index contributed by atoms with van der Waals surface area (Å²) in [6, 6.07) is 0. The third-order valence-electron chi connectivity index (χ3n) is 4.25. The number of Topliss-reactive ketones (excluding diaryl/α,β-unsaturated/α-hetero) is 1. The van der Waals surface area contributed by atoms with E-state index < -0.39 is 0 Å². The lowest BCUT2D eigenvalue weighted by Gasteiger charge is -2.53. The Morgan fingerprint density at radius 2 is 1.58 bits per heavy atom. The first-order valence-electron chi connectivity index (χ1n) is 6.97. The van der Waals surface area contributed by atoms with Crippen molar-refractivity contribution in [2.45, 2.75) is 77.5 Å². The first kappa shape index (κ1) is 16.2. The van der Waals surface area contributed by atoms with E-state index in [0.717, 1.165) is 12.8 Å². The topological polar surface area (TPSA) is 46.6 Å². The van der Waals surface area contributed by atoms with Gasteiger partial charge in [0, 0.05) is 30.3 Å². The molecule has 1 rings (SSSR count). The predicted molar refractivity (Wildman–Crippen MR) is 75.0 cm³/mol. The second kappa shape index (κ2) is 5.61. The highest BCUT2D eigenvalue weighted by atomic mass is 16.5. The predicted octanol–water partition coefficient (Wildman–Crippen LogP) is 2.55. The number of hydrogen-bond acceptors (Lipinski definition) is 4. The SMILES string of the molecule is CC(=O)CCC(=O)OC1CC(C)(C)N(C)C(C)(C)C1. The Morgan fingerprint density at radius 1 is 1.11 bits per heavy atom. The first-order valence-corrected chi connectivity index (χ1v) is 6.97. The molecule has 1 heterocycles. The summed E-state index contributed by atoms with van der Waals surface area (Å²) >= 11 is 0. The van der Waals surface area contributed by atoms with Gasteiger partial charge in [-0.3, -0.25) is 9.69 Å². The number of carbonyl (C=O) groups is 2. The van der Waals surface area contributed by atoms with Gasteiger partial charge in [0.05, 0.1) is 6.42 Å². The van der Waals surface area contributed by atoms with Crippen molar-refractivity contribution in [1.82, 2.24) is 4.90 Å². The smallest absolute Gasteiger partial charge is 0.306 e. The van der Waals surface area contributed by atoms with Gasteiger partial charge in [-0.05, 0) is 41.7 Å². The molecule has 1 fully saturated rings. The number of ketones is 1. The Labute approximate surface area is 116 Å². The molecule has 19 heavy (non-hydrogen) atoms. The van der Waals surface area contributed by atoms with Gasteiger partial charge < -0.3 is 9.53 Å². The van der Waals surface area contributed by atoms with Crippen LogP contribution in [-0.4, -0.2) is 40.9 Å². The van der Waals surface area contributed by atoms with Gasteiger partial charge in [-0.2, -0.15) is 0 Å². The van der Waals surface area contributed by atoms with Gasteiger partial charge in [-0.15, -0.1) is 0 Å². The molecule has 0 aliphatic carbocycles. The standard InChI is InChI=1S/C15H27NO3/c1-11(17)7-8-13(18)19-12-9-14(2,3)16(6)15(4,5)10-12/h12H,7-10H2,1-6H3. The normalized spacial score (nSPS) is 23.1. The minimum Gasteiger partial charge on any atom is -0.462 e. The van der Waals surface area contributed by atoms with Crippen LogP contribution < -0.4 is 0 Å². The maximum Gasteiger partial charge on any atom is 0.306 e. The molecule has 0 amide bonds. The summed E-state index contributed by atoms with van der Waals surface area (Å²) in [4.78, 5) is 25.0. The fraction of sp³-hybridized carbons (Fsp3) is 0.867. The molecule has 0 spiro atoms. The Bertz CT molecular complexity index is 342. The summed E-state index contributed by atoms with van der Waals surface area (Å²) < 4.78 is 5.54. The van der Waals surface area contributed by atoms with Crippen LogP contribution in [0.5, 0.6) is 0 Å². The minimum absolute atomic E-state index is 0.00721. The number of nitrogens with zero attached hydrogens (tertiary/aromatic N) is 1. The van der Waals surface area contributed by atoms with Crippen molar-refractivity contribution < 1.29 is 14.3 Å². The summed E-state index contributed by atoms with van der Waals surface area (Å²) in [5.41, 5.74) is 0.0144. The first-order chi connectivity index (χ1) is 8.54. The lowest BCUT2D eigenvalue weighted by Crippen LogP contribution is -2.60. The maximum atomic E-state index is 11.7. The maximum absolute atomic E-state index is 11.7. The molecule has 4 nitrogen and oxygen atoms in total. The van der Waals surface area contributed by atoms with E-state index in [4.69, 9.17) is 4.74 Å². The van der Waals surface area contributed by atoms with Crippen molar-refractivity contribution in [2.24, 2.45) is 0 Å².